The molecule has 2 N–H and O–H groups in total. The minimum absolute atomic E-state index is 0.0428. The minimum atomic E-state index is -1.17. The molecular formula is C32H27ClN2O4. The van der Waals surface area contributed by atoms with E-state index in [4.69, 9.17) is 21.8 Å². The molecule has 0 unspecified atom stereocenters. The molecule has 6 nitrogen and oxygen atoms in total. The number of carboxylic acid groups (broad SMARTS) is 2. The van der Waals surface area contributed by atoms with Crippen LogP contribution in [-0.2, 0) is 11.4 Å². The molecule has 1 heterocycles. The van der Waals surface area contributed by atoms with Gasteiger partial charge in [0, 0.05) is 18.3 Å². The number of carboxylic acids is 2. The van der Waals surface area contributed by atoms with E-state index in [9.17, 15) is 9.59 Å². The quantitative estimate of drug-likeness (QED) is 0.174. The fraction of sp³-hybridized carbons (Fsp3) is 0.0938. The van der Waals surface area contributed by atoms with Crippen LogP contribution in [0.1, 0.15) is 48.5 Å². The number of hydrogen-bond acceptors (Lipinski definition) is 3. The fourth-order valence-electron chi connectivity index (χ4n) is 4.75. The van der Waals surface area contributed by atoms with Crippen LogP contribution in [-0.4, -0.2) is 31.7 Å². The van der Waals surface area contributed by atoms with Crippen LogP contribution in [0.2, 0.25) is 0 Å². The van der Waals surface area contributed by atoms with E-state index in [-0.39, 0.29) is 17.0 Å². The van der Waals surface area contributed by atoms with Crippen molar-refractivity contribution < 1.29 is 19.8 Å². The average Bonchev–Trinajstić information content (AvgIpc) is 3.50. The van der Waals surface area contributed by atoms with Crippen LogP contribution in [0.3, 0.4) is 0 Å². The summed E-state index contributed by atoms with van der Waals surface area (Å²) in [5.41, 5.74) is 4.11. The molecule has 0 aliphatic rings. The number of halogens is 1. The molecule has 0 amide bonds. The van der Waals surface area contributed by atoms with Crippen molar-refractivity contribution in [3.05, 3.63) is 161 Å². The van der Waals surface area contributed by atoms with Gasteiger partial charge in [-0.2, -0.15) is 0 Å². The van der Waals surface area contributed by atoms with Gasteiger partial charge < -0.3 is 14.8 Å². The van der Waals surface area contributed by atoms with Crippen molar-refractivity contribution in [3.63, 3.8) is 0 Å². The smallest absolute Gasteiger partial charge is 0.336 e. The molecule has 0 saturated carbocycles. The lowest BCUT2D eigenvalue weighted by Gasteiger charge is -2.37. The summed E-state index contributed by atoms with van der Waals surface area (Å²) in [7, 11) is 0. The molecule has 4 aromatic carbocycles. The normalized spacial score (nSPS) is 10.8. The van der Waals surface area contributed by atoms with Crippen molar-refractivity contribution in [1.29, 1.82) is 0 Å². The molecule has 0 aliphatic carbocycles. The van der Waals surface area contributed by atoms with E-state index in [2.05, 4.69) is 101 Å². The maximum Gasteiger partial charge on any atom is 0.336 e. The lowest BCUT2D eigenvalue weighted by Crippen LogP contribution is -2.36. The van der Waals surface area contributed by atoms with E-state index in [0.717, 1.165) is 6.07 Å². The minimum Gasteiger partial charge on any atom is -0.478 e. The van der Waals surface area contributed by atoms with Crippen molar-refractivity contribution in [3.8, 4) is 0 Å². The zero-order chi connectivity index (χ0) is 27.8. The van der Waals surface area contributed by atoms with E-state index in [1.54, 1.807) is 6.92 Å². The van der Waals surface area contributed by atoms with Crippen molar-refractivity contribution in [2.24, 2.45) is 0 Å². The molecule has 5 rings (SSSR count). The topological polar surface area (TPSA) is 92.4 Å². The number of rotatable bonds is 7. The Morgan fingerprint density at radius 2 is 1.28 bits per heavy atom. The van der Waals surface area contributed by atoms with Crippen LogP contribution < -0.4 is 0 Å². The maximum atomic E-state index is 10.9. The van der Waals surface area contributed by atoms with E-state index < -0.39 is 17.5 Å². The van der Waals surface area contributed by atoms with Gasteiger partial charge in [0.25, 0.3) is 0 Å². The van der Waals surface area contributed by atoms with E-state index in [0.29, 0.717) is 11.1 Å². The number of benzene rings is 4. The number of nitrogens with zero attached hydrogens (tertiary/aromatic N) is 2. The van der Waals surface area contributed by atoms with E-state index in [1.807, 2.05) is 18.7 Å². The highest BCUT2D eigenvalue weighted by Gasteiger charge is 2.37. The highest BCUT2D eigenvalue weighted by molar-refractivity contribution is 6.17. The Labute approximate surface area is 231 Å². The second-order valence-corrected chi connectivity index (χ2v) is 9.11. The Hall–Kier alpha value is -4.68. The summed E-state index contributed by atoms with van der Waals surface area (Å²) in [6.07, 6.45) is 5.77. The van der Waals surface area contributed by atoms with Gasteiger partial charge in [-0.05, 0) is 46.9 Å². The number of alkyl halides is 1. The molecule has 0 fully saturated rings. The maximum absolute atomic E-state index is 10.9. The lowest BCUT2D eigenvalue weighted by atomic mass is 9.77. The predicted octanol–water partition coefficient (Wildman–Crippen LogP) is 6.85. The highest BCUT2D eigenvalue weighted by Crippen LogP contribution is 2.40. The van der Waals surface area contributed by atoms with Crippen LogP contribution >= 0.6 is 11.6 Å². The summed E-state index contributed by atoms with van der Waals surface area (Å²) in [6, 6.07) is 34.3. The number of aromatic carboxylic acids is 2. The standard InChI is InChI=1S/C22H18N2.C10H9ClO4/c1-4-10-19(11-5-1)22(24-17-16-23-18-24,20-12-6-2-7-13-20)21-14-8-3-9-15-21;1-5-2-6(9(12)13)3-7(10(14)15)8(5)4-11/h1-18H;2-3H,4H2,1H3,(H,12,13)(H,14,15). The molecular weight excluding hydrogens is 512 g/mol. The van der Waals surface area contributed by atoms with Crippen molar-refractivity contribution in [1.82, 2.24) is 9.55 Å². The Kier molecular flexibility index (Phi) is 8.59. The van der Waals surface area contributed by atoms with Crippen LogP contribution in [0.15, 0.2) is 122 Å². The Morgan fingerprint density at radius 3 is 1.64 bits per heavy atom. The third-order valence-corrected chi connectivity index (χ3v) is 6.82. The lowest BCUT2D eigenvalue weighted by molar-refractivity contribution is 0.0695. The number of aryl methyl sites for hydroxylation is 1. The molecule has 0 saturated heterocycles. The average molecular weight is 539 g/mol. The zero-order valence-electron chi connectivity index (χ0n) is 21.2. The van der Waals surface area contributed by atoms with E-state index in [1.165, 1.54) is 22.8 Å². The third-order valence-electron chi connectivity index (χ3n) is 6.55. The zero-order valence-corrected chi connectivity index (χ0v) is 22.0. The van der Waals surface area contributed by atoms with E-state index >= 15 is 0 Å². The molecule has 7 heteroatoms. The predicted molar refractivity (Wildman–Crippen MR) is 151 cm³/mol. The molecule has 39 heavy (non-hydrogen) atoms. The largest absolute Gasteiger partial charge is 0.478 e. The Bertz CT molecular complexity index is 1440. The number of hydrogen-bond donors (Lipinski definition) is 2. The first-order valence-electron chi connectivity index (χ1n) is 12.2. The number of carbonyl (C=O) groups is 2. The van der Waals surface area contributed by atoms with Gasteiger partial charge in [0.15, 0.2) is 0 Å². The van der Waals surface area contributed by atoms with Crippen LogP contribution in [0.25, 0.3) is 0 Å². The van der Waals surface area contributed by atoms with Crippen LogP contribution in [0.4, 0.5) is 0 Å². The van der Waals surface area contributed by atoms with Gasteiger partial charge in [-0.3, -0.25) is 0 Å². The van der Waals surface area contributed by atoms with Crippen LogP contribution in [0, 0.1) is 6.92 Å². The molecule has 0 radical (unpaired) electrons. The van der Waals surface area contributed by atoms with Crippen LogP contribution in [0.5, 0.6) is 0 Å². The summed E-state index contributed by atoms with van der Waals surface area (Å²) in [5, 5.41) is 17.6. The summed E-state index contributed by atoms with van der Waals surface area (Å²) in [6.45, 7) is 1.64. The first-order valence-corrected chi connectivity index (χ1v) is 12.7. The SMILES string of the molecule is Cc1cc(C(=O)O)cc(C(=O)O)c1CCl.c1ccc(C(c2ccccc2)(c2ccccc2)n2ccnc2)cc1. The molecule has 0 atom stereocenters. The molecule has 0 spiro atoms. The monoisotopic (exact) mass is 538 g/mol. The molecule has 0 aliphatic heterocycles. The first-order chi connectivity index (χ1) is 18.9. The van der Waals surface area contributed by atoms with Gasteiger partial charge in [-0.15, -0.1) is 11.6 Å². The summed E-state index contributed by atoms with van der Waals surface area (Å²) < 4.78 is 2.19. The first kappa shape index (κ1) is 27.4. The number of imidazole rings is 1. The summed E-state index contributed by atoms with van der Waals surface area (Å²) in [5.74, 6) is -2.27. The Morgan fingerprint density at radius 1 is 0.795 bits per heavy atom. The van der Waals surface area contributed by atoms with Gasteiger partial charge in [0.05, 0.1) is 17.5 Å². The second kappa shape index (κ2) is 12.2. The number of aromatic nitrogens is 2. The summed E-state index contributed by atoms with van der Waals surface area (Å²) >= 11 is 5.60. The second-order valence-electron chi connectivity index (χ2n) is 8.84. The van der Waals surface area contributed by atoms with Crippen molar-refractivity contribution in [2.75, 3.05) is 0 Å². The van der Waals surface area contributed by atoms with Crippen molar-refractivity contribution >= 4 is 23.5 Å². The molecule has 5 aromatic rings. The summed E-state index contributed by atoms with van der Waals surface area (Å²) in [4.78, 5) is 25.9. The van der Waals surface area contributed by atoms with Gasteiger partial charge >= 0.3 is 11.9 Å². The molecule has 196 valence electrons. The fourth-order valence-corrected chi connectivity index (χ4v) is 5.11. The van der Waals surface area contributed by atoms with Gasteiger partial charge in [-0.25, -0.2) is 14.6 Å². The van der Waals surface area contributed by atoms with Gasteiger partial charge in [0.1, 0.15) is 5.54 Å². The van der Waals surface area contributed by atoms with Gasteiger partial charge in [0.2, 0.25) is 0 Å². The molecule has 0 bridgehead atoms. The van der Waals surface area contributed by atoms with Gasteiger partial charge in [-0.1, -0.05) is 91.0 Å². The molecule has 1 aromatic heterocycles. The Balaban J connectivity index is 0.000000204. The highest BCUT2D eigenvalue weighted by atomic mass is 35.5. The van der Waals surface area contributed by atoms with Crippen molar-refractivity contribution in [2.45, 2.75) is 18.3 Å². The third kappa shape index (κ3) is 5.61.